The first kappa shape index (κ1) is 27.3. The first-order chi connectivity index (χ1) is 16.4. The molecule has 0 aromatic heterocycles. The molecular weight excluding hydrogens is 466 g/mol. The molecule has 4 rings (SSSR count). The zero-order valence-corrected chi connectivity index (χ0v) is 22.7. The summed E-state index contributed by atoms with van der Waals surface area (Å²) in [7, 11) is -4.08. The van der Waals surface area contributed by atoms with E-state index < -0.39 is 15.9 Å². The van der Waals surface area contributed by atoms with Crippen molar-refractivity contribution in [2.45, 2.75) is 91.3 Å². The average Bonchev–Trinajstić information content (AvgIpc) is 3.21. The highest BCUT2D eigenvalue weighted by Crippen LogP contribution is 2.67. The molecule has 202 valence electrons. The summed E-state index contributed by atoms with van der Waals surface area (Å²) in [4.78, 5) is 12.5. The van der Waals surface area contributed by atoms with E-state index in [0.717, 1.165) is 44.9 Å². The van der Waals surface area contributed by atoms with Crippen LogP contribution in [-0.4, -0.2) is 53.6 Å². The number of aliphatic hydroxyl groups is 2. The van der Waals surface area contributed by atoms with E-state index >= 15 is 0 Å². The van der Waals surface area contributed by atoms with Crippen LogP contribution >= 0.6 is 0 Å². The Balaban J connectivity index is 1.48. The Bertz CT molecular complexity index is 879. The van der Waals surface area contributed by atoms with Gasteiger partial charge in [-0.2, -0.15) is 8.42 Å². The predicted molar refractivity (Wildman–Crippen MR) is 135 cm³/mol. The summed E-state index contributed by atoms with van der Waals surface area (Å²) in [5.74, 6) is 2.93. The number of rotatable bonds is 7. The van der Waals surface area contributed by atoms with Crippen LogP contribution in [0.2, 0.25) is 0 Å². The minimum atomic E-state index is -4.08. The van der Waals surface area contributed by atoms with Crippen LogP contribution in [0.15, 0.2) is 0 Å². The topological polar surface area (TPSA) is 124 Å². The summed E-state index contributed by atoms with van der Waals surface area (Å²) in [6.45, 7) is 9.09. The normalized spacial score (nSPS) is 46.3. The van der Waals surface area contributed by atoms with Gasteiger partial charge in [-0.25, -0.2) is 0 Å². The Morgan fingerprint density at radius 1 is 1.11 bits per heavy atom. The Labute approximate surface area is 211 Å². The van der Waals surface area contributed by atoms with Crippen LogP contribution in [-0.2, 0) is 14.9 Å². The minimum absolute atomic E-state index is 0.0691. The van der Waals surface area contributed by atoms with Gasteiger partial charge in [0, 0.05) is 13.0 Å². The summed E-state index contributed by atoms with van der Waals surface area (Å²) in [6.07, 6.45) is 6.81. The zero-order chi connectivity index (χ0) is 25.7. The summed E-state index contributed by atoms with van der Waals surface area (Å²) >= 11 is 0. The summed E-state index contributed by atoms with van der Waals surface area (Å²) in [6, 6.07) is 0. The highest BCUT2D eigenvalue weighted by atomic mass is 32.2. The van der Waals surface area contributed by atoms with Crippen LogP contribution < -0.4 is 5.32 Å². The molecular formula is C27H47NO6S. The SMILES string of the molecule is CC[C@H]1[C@@H](O)[C@H]2[C@@H]3CC[C@H]([C@H](C)CC(=O)NCCS(=O)(=O)O)[C@H]3[C@H](C)C[C@@H]2[C@@]2(C)CC[C@@H](O)C[C@@H]12. The quantitative estimate of drug-likeness (QED) is 0.386. The number of hydrogen-bond donors (Lipinski definition) is 4. The fraction of sp³-hybridized carbons (Fsp3) is 0.963. The molecule has 8 heteroatoms. The van der Waals surface area contributed by atoms with Crippen molar-refractivity contribution in [3.63, 3.8) is 0 Å². The van der Waals surface area contributed by atoms with Crippen molar-refractivity contribution in [2.24, 2.45) is 58.7 Å². The first-order valence-corrected chi connectivity index (χ1v) is 15.6. The van der Waals surface area contributed by atoms with Gasteiger partial charge in [0.15, 0.2) is 0 Å². The lowest BCUT2D eigenvalue weighted by atomic mass is 9.42. The monoisotopic (exact) mass is 513 g/mol. The van der Waals surface area contributed by atoms with Gasteiger partial charge in [-0.05, 0) is 97.2 Å². The van der Waals surface area contributed by atoms with Gasteiger partial charge in [0.1, 0.15) is 0 Å². The molecule has 0 heterocycles. The lowest BCUT2D eigenvalue weighted by molar-refractivity contribution is -0.199. The zero-order valence-electron chi connectivity index (χ0n) is 21.9. The molecule has 0 aromatic rings. The summed E-state index contributed by atoms with van der Waals surface area (Å²) in [5.41, 5.74) is 0.180. The van der Waals surface area contributed by atoms with E-state index in [-0.39, 0.29) is 41.9 Å². The van der Waals surface area contributed by atoms with Gasteiger partial charge in [0.25, 0.3) is 10.1 Å². The van der Waals surface area contributed by atoms with E-state index in [4.69, 9.17) is 4.55 Å². The molecule has 0 radical (unpaired) electrons. The third kappa shape index (κ3) is 5.19. The molecule has 4 aliphatic carbocycles. The third-order valence-electron chi connectivity index (χ3n) is 11.0. The first-order valence-electron chi connectivity index (χ1n) is 13.9. The Morgan fingerprint density at radius 2 is 1.83 bits per heavy atom. The number of carbonyl (C=O) groups is 1. The molecule has 1 amide bonds. The second-order valence-electron chi connectivity index (χ2n) is 12.8. The number of fused-ring (bicyclic) bond motifs is 5. The molecule has 12 atom stereocenters. The van der Waals surface area contributed by atoms with E-state index in [1.807, 2.05) is 0 Å². The van der Waals surface area contributed by atoms with Crippen LogP contribution in [0.3, 0.4) is 0 Å². The maximum atomic E-state index is 12.5. The van der Waals surface area contributed by atoms with Gasteiger partial charge in [-0.1, -0.05) is 34.1 Å². The van der Waals surface area contributed by atoms with E-state index in [1.54, 1.807) is 0 Å². The maximum absolute atomic E-state index is 12.5. The van der Waals surface area contributed by atoms with Crippen molar-refractivity contribution < 1.29 is 28.0 Å². The highest BCUT2D eigenvalue weighted by molar-refractivity contribution is 7.85. The van der Waals surface area contributed by atoms with Crippen LogP contribution in [0, 0.1) is 58.7 Å². The summed E-state index contributed by atoms with van der Waals surface area (Å²) in [5, 5.41) is 24.9. The van der Waals surface area contributed by atoms with Crippen molar-refractivity contribution in [3.8, 4) is 0 Å². The van der Waals surface area contributed by atoms with Crippen molar-refractivity contribution in [1.82, 2.24) is 5.32 Å². The molecule has 0 saturated heterocycles. The average molecular weight is 514 g/mol. The van der Waals surface area contributed by atoms with Crippen LogP contribution in [0.5, 0.6) is 0 Å². The molecule has 0 spiro atoms. The van der Waals surface area contributed by atoms with E-state index in [0.29, 0.717) is 47.8 Å². The molecule has 4 saturated carbocycles. The van der Waals surface area contributed by atoms with E-state index in [2.05, 4.69) is 33.0 Å². The highest BCUT2D eigenvalue weighted by Gasteiger charge is 2.63. The van der Waals surface area contributed by atoms with Crippen molar-refractivity contribution >= 4 is 16.0 Å². The van der Waals surface area contributed by atoms with E-state index in [1.165, 1.54) is 0 Å². The Kier molecular flexibility index (Phi) is 7.98. The van der Waals surface area contributed by atoms with E-state index in [9.17, 15) is 23.4 Å². The van der Waals surface area contributed by atoms with Gasteiger partial charge in [0.2, 0.25) is 5.91 Å². The third-order valence-corrected chi connectivity index (χ3v) is 11.8. The molecule has 0 unspecified atom stereocenters. The Morgan fingerprint density at radius 3 is 2.49 bits per heavy atom. The second kappa shape index (κ2) is 10.2. The second-order valence-corrected chi connectivity index (χ2v) is 14.4. The van der Waals surface area contributed by atoms with Crippen LogP contribution in [0.4, 0.5) is 0 Å². The number of hydrogen-bond acceptors (Lipinski definition) is 5. The van der Waals surface area contributed by atoms with Crippen molar-refractivity contribution in [1.29, 1.82) is 0 Å². The number of amides is 1. The van der Waals surface area contributed by atoms with Gasteiger partial charge < -0.3 is 15.5 Å². The predicted octanol–water partition coefficient (Wildman–Crippen LogP) is 3.50. The lowest BCUT2D eigenvalue weighted by Gasteiger charge is -2.64. The number of aliphatic hydroxyl groups excluding tert-OH is 2. The largest absolute Gasteiger partial charge is 0.393 e. The Hall–Kier alpha value is -0.700. The van der Waals surface area contributed by atoms with Crippen LogP contribution in [0.1, 0.15) is 79.1 Å². The van der Waals surface area contributed by atoms with Crippen molar-refractivity contribution in [3.05, 3.63) is 0 Å². The molecule has 4 fully saturated rings. The molecule has 0 aromatic carbocycles. The lowest BCUT2D eigenvalue weighted by Crippen LogP contribution is -2.61. The fourth-order valence-corrected chi connectivity index (χ4v) is 9.97. The maximum Gasteiger partial charge on any atom is 0.266 e. The fourth-order valence-electron chi connectivity index (χ4n) is 9.61. The van der Waals surface area contributed by atoms with Crippen LogP contribution in [0.25, 0.3) is 0 Å². The molecule has 4 aliphatic rings. The van der Waals surface area contributed by atoms with Crippen molar-refractivity contribution in [2.75, 3.05) is 12.3 Å². The standard InChI is InChI=1S/C27H47NO6S/c1-5-18-21-14-17(29)8-9-27(21,4)22-12-16(3)24-19(6-7-20(24)25(22)26(18)31)15(2)13-23(30)28-10-11-35(32,33)34/h15-22,24-26,29,31H,5-14H2,1-4H3,(H,28,30)(H,32,33,34)/t15-,16-,17-,18-,19-,20-,21+,22+,24-,25+,26-,27+/m1/s1. The number of nitrogens with one attached hydrogen (secondary N) is 1. The van der Waals surface area contributed by atoms with Gasteiger partial charge >= 0.3 is 0 Å². The molecule has 0 aliphatic heterocycles. The van der Waals surface area contributed by atoms with Gasteiger partial charge in [0.05, 0.1) is 18.0 Å². The molecule has 35 heavy (non-hydrogen) atoms. The molecule has 0 bridgehead atoms. The molecule has 4 N–H and O–H groups in total. The molecule has 7 nitrogen and oxygen atoms in total. The van der Waals surface area contributed by atoms with Gasteiger partial charge in [-0.15, -0.1) is 0 Å². The van der Waals surface area contributed by atoms with Gasteiger partial charge in [-0.3, -0.25) is 9.35 Å². The minimum Gasteiger partial charge on any atom is -0.393 e. The smallest absolute Gasteiger partial charge is 0.266 e. The number of carbonyl (C=O) groups excluding carboxylic acids is 1. The summed E-state index contributed by atoms with van der Waals surface area (Å²) < 4.78 is 30.7.